The highest BCUT2D eigenvalue weighted by molar-refractivity contribution is 5.73. The molecule has 0 amide bonds. The van der Waals surface area contributed by atoms with Gasteiger partial charge in [0.15, 0.2) is 0 Å². The van der Waals surface area contributed by atoms with Crippen LogP contribution in [0.4, 0.5) is 11.4 Å². The predicted molar refractivity (Wildman–Crippen MR) is 80.8 cm³/mol. The summed E-state index contributed by atoms with van der Waals surface area (Å²) in [5.41, 5.74) is 12.4. The number of anilines is 2. The van der Waals surface area contributed by atoms with Crippen LogP contribution in [0.5, 0.6) is 0 Å². The lowest BCUT2D eigenvalue weighted by Gasteiger charge is -2.27. The van der Waals surface area contributed by atoms with Crippen molar-refractivity contribution in [2.24, 2.45) is 5.73 Å². The summed E-state index contributed by atoms with van der Waals surface area (Å²) >= 11 is 0. The SMILES string of the molecule is Cc1ccc(N2c3ccccc3CC2C)c(CN)c1. The van der Waals surface area contributed by atoms with Crippen LogP contribution in [0.25, 0.3) is 0 Å². The van der Waals surface area contributed by atoms with Gasteiger partial charge in [-0.3, -0.25) is 0 Å². The van der Waals surface area contributed by atoms with Crippen molar-refractivity contribution in [2.45, 2.75) is 32.9 Å². The van der Waals surface area contributed by atoms with Crippen LogP contribution in [-0.4, -0.2) is 6.04 Å². The van der Waals surface area contributed by atoms with Gasteiger partial charge in [-0.05, 0) is 43.5 Å². The summed E-state index contributed by atoms with van der Waals surface area (Å²) in [5, 5.41) is 0. The third-order valence-corrected chi connectivity index (χ3v) is 3.92. The molecule has 1 aliphatic rings. The van der Waals surface area contributed by atoms with E-state index in [0.717, 1.165) is 6.42 Å². The first-order valence-corrected chi connectivity index (χ1v) is 6.87. The molecule has 2 nitrogen and oxygen atoms in total. The molecule has 1 unspecified atom stereocenters. The van der Waals surface area contributed by atoms with Gasteiger partial charge < -0.3 is 10.6 Å². The Morgan fingerprint density at radius 2 is 1.95 bits per heavy atom. The topological polar surface area (TPSA) is 29.3 Å². The first kappa shape index (κ1) is 12.2. The van der Waals surface area contributed by atoms with E-state index in [4.69, 9.17) is 5.73 Å². The van der Waals surface area contributed by atoms with Gasteiger partial charge in [-0.2, -0.15) is 0 Å². The summed E-state index contributed by atoms with van der Waals surface area (Å²) < 4.78 is 0. The fourth-order valence-corrected chi connectivity index (χ4v) is 3.05. The Kier molecular flexibility index (Phi) is 3.03. The van der Waals surface area contributed by atoms with Crippen molar-refractivity contribution in [3.8, 4) is 0 Å². The Morgan fingerprint density at radius 3 is 2.74 bits per heavy atom. The average Bonchev–Trinajstić information content (AvgIpc) is 2.74. The molecule has 0 fully saturated rings. The standard InChI is InChI=1S/C17H20N2/c1-12-7-8-17(15(9-12)11-18)19-13(2)10-14-5-3-4-6-16(14)19/h3-9,13H,10-11,18H2,1-2H3. The van der Waals surface area contributed by atoms with Gasteiger partial charge in [0, 0.05) is 24.0 Å². The van der Waals surface area contributed by atoms with Crippen molar-refractivity contribution >= 4 is 11.4 Å². The minimum absolute atomic E-state index is 0.491. The molecule has 2 N–H and O–H groups in total. The highest BCUT2D eigenvalue weighted by Crippen LogP contribution is 2.39. The van der Waals surface area contributed by atoms with Crippen LogP contribution in [0.3, 0.4) is 0 Å². The van der Waals surface area contributed by atoms with Crippen LogP contribution < -0.4 is 10.6 Å². The molecule has 1 atom stereocenters. The molecule has 0 aliphatic carbocycles. The van der Waals surface area contributed by atoms with Crippen molar-refractivity contribution in [3.63, 3.8) is 0 Å². The molecule has 1 heterocycles. The maximum Gasteiger partial charge on any atom is 0.0459 e. The molecule has 0 aromatic heterocycles. The third kappa shape index (κ3) is 2.02. The lowest BCUT2D eigenvalue weighted by molar-refractivity contribution is 0.755. The predicted octanol–water partition coefficient (Wildman–Crippen LogP) is 3.54. The highest BCUT2D eigenvalue weighted by Gasteiger charge is 2.27. The molecule has 3 rings (SSSR count). The highest BCUT2D eigenvalue weighted by atomic mass is 15.2. The normalized spacial score (nSPS) is 17.6. The lowest BCUT2D eigenvalue weighted by atomic mass is 10.1. The van der Waals surface area contributed by atoms with Crippen LogP contribution in [0.2, 0.25) is 0 Å². The summed E-state index contributed by atoms with van der Waals surface area (Å²) in [6.45, 7) is 4.98. The van der Waals surface area contributed by atoms with Crippen molar-refractivity contribution in [2.75, 3.05) is 4.90 Å². The second-order valence-electron chi connectivity index (χ2n) is 5.39. The molecule has 19 heavy (non-hydrogen) atoms. The van der Waals surface area contributed by atoms with Gasteiger partial charge in [0.05, 0.1) is 0 Å². The fraction of sp³-hybridized carbons (Fsp3) is 0.294. The zero-order valence-corrected chi connectivity index (χ0v) is 11.6. The van der Waals surface area contributed by atoms with Crippen molar-refractivity contribution in [3.05, 3.63) is 59.2 Å². The number of hydrogen-bond donors (Lipinski definition) is 1. The zero-order chi connectivity index (χ0) is 13.4. The maximum atomic E-state index is 5.93. The van der Waals surface area contributed by atoms with E-state index in [0.29, 0.717) is 12.6 Å². The number of rotatable bonds is 2. The Bertz CT molecular complexity index is 604. The Balaban J connectivity index is 2.12. The number of aryl methyl sites for hydroxylation is 1. The lowest BCUT2D eigenvalue weighted by Crippen LogP contribution is -2.25. The summed E-state index contributed by atoms with van der Waals surface area (Å²) in [6.07, 6.45) is 1.11. The first-order valence-electron chi connectivity index (χ1n) is 6.87. The van der Waals surface area contributed by atoms with Crippen LogP contribution in [-0.2, 0) is 13.0 Å². The molecular weight excluding hydrogens is 232 g/mol. The molecule has 0 saturated carbocycles. The van der Waals surface area contributed by atoms with E-state index in [1.54, 1.807) is 0 Å². The Hall–Kier alpha value is -1.80. The van der Waals surface area contributed by atoms with Gasteiger partial charge in [0.1, 0.15) is 0 Å². The van der Waals surface area contributed by atoms with Crippen molar-refractivity contribution < 1.29 is 0 Å². The number of nitrogens with zero attached hydrogens (tertiary/aromatic N) is 1. The summed E-state index contributed by atoms with van der Waals surface area (Å²) in [4.78, 5) is 2.43. The smallest absolute Gasteiger partial charge is 0.0459 e. The molecule has 2 aromatic carbocycles. The molecular formula is C17H20N2. The minimum atomic E-state index is 0.491. The molecule has 98 valence electrons. The maximum absolute atomic E-state index is 5.93. The van der Waals surface area contributed by atoms with Crippen LogP contribution >= 0.6 is 0 Å². The second kappa shape index (κ2) is 4.71. The van der Waals surface area contributed by atoms with E-state index < -0.39 is 0 Å². The van der Waals surface area contributed by atoms with Gasteiger partial charge >= 0.3 is 0 Å². The summed E-state index contributed by atoms with van der Waals surface area (Å²) in [6, 6.07) is 15.7. The van der Waals surface area contributed by atoms with Gasteiger partial charge in [0.2, 0.25) is 0 Å². The Labute approximate surface area is 114 Å². The molecule has 0 radical (unpaired) electrons. The van der Waals surface area contributed by atoms with Gasteiger partial charge in [-0.15, -0.1) is 0 Å². The van der Waals surface area contributed by atoms with Crippen LogP contribution in [0, 0.1) is 6.92 Å². The van der Waals surface area contributed by atoms with Gasteiger partial charge in [-0.25, -0.2) is 0 Å². The molecule has 1 aliphatic heterocycles. The number of hydrogen-bond acceptors (Lipinski definition) is 2. The minimum Gasteiger partial charge on any atom is -0.338 e. The van der Waals surface area contributed by atoms with E-state index in [2.05, 4.69) is 61.2 Å². The largest absolute Gasteiger partial charge is 0.338 e. The monoisotopic (exact) mass is 252 g/mol. The number of nitrogens with two attached hydrogens (primary N) is 1. The van der Waals surface area contributed by atoms with E-state index in [9.17, 15) is 0 Å². The van der Waals surface area contributed by atoms with Crippen LogP contribution in [0.1, 0.15) is 23.6 Å². The summed E-state index contributed by atoms with van der Waals surface area (Å²) in [5.74, 6) is 0. The van der Waals surface area contributed by atoms with E-state index >= 15 is 0 Å². The summed E-state index contributed by atoms with van der Waals surface area (Å²) in [7, 11) is 0. The molecule has 2 aromatic rings. The second-order valence-corrected chi connectivity index (χ2v) is 5.39. The molecule has 0 saturated heterocycles. The third-order valence-electron chi connectivity index (χ3n) is 3.92. The zero-order valence-electron chi connectivity index (χ0n) is 11.6. The first-order chi connectivity index (χ1) is 9.20. The Morgan fingerprint density at radius 1 is 1.16 bits per heavy atom. The number of benzene rings is 2. The number of fused-ring (bicyclic) bond motifs is 1. The molecule has 0 spiro atoms. The van der Waals surface area contributed by atoms with Gasteiger partial charge in [-0.1, -0.05) is 35.9 Å². The van der Waals surface area contributed by atoms with Crippen molar-refractivity contribution in [1.29, 1.82) is 0 Å². The average molecular weight is 252 g/mol. The molecule has 2 heteroatoms. The van der Waals surface area contributed by atoms with Crippen molar-refractivity contribution in [1.82, 2.24) is 0 Å². The van der Waals surface area contributed by atoms with Gasteiger partial charge in [0.25, 0.3) is 0 Å². The quantitative estimate of drug-likeness (QED) is 0.886. The van der Waals surface area contributed by atoms with Crippen LogP contribution in [0.15, 0.2) is 42.5 Å². The molecule has 0 bridgehead atoms. The van der Waals surface area contributed by atoms with E-state index in [1.807, 2.05) is 0 Å². The fourth-order valence-electron chi connectivity index (χ4n) is 3.05. The number of para-hydroxylation sites is 1. The van der Waals surface area contributed by atoms with E-state index in [-0.39, 0.29) is 0 Å². The van der Waals surface area contributed by atoms with E-state index in [1.165, 1.54) is 28.1 Å².